The monoisotopic (exact) mass is 439 g/mol. The van der Waals surface area contributed by atoms with Crippen LogP contribution < -0.4 is 14.8 Å². The molecule has 0 aliphatic carbocycles. The van der Waals surface area contributed by atoms with E-state index in [1.807, 2.05) is 36.4 Å². The summed E-state index contributed by atoms with van der Waals surface area (Å²) in [6.07, 6.45) is 7.46. The first-order valence-corrected chi connectivity index (χ1v) is 12.6. The number of nitrogens with zero attached hydrogens (tertiary/aromatic N) is 2. The fourth-order valence-electron chi connectivity index (χ4n) is 2.82. The summed E-state index contributed by atoms with van der Waals surface area (Å²) in [6, 6.07) is 11.2. The average molecular weight is 439 g/mol. The first kappa shape index (κ1) is 22.6. The Morgan fingerprint density at radius 2 is 1.84 bits per heavy atom. The van der Waals surface area contributed by atoms with Gasteiger partial charge >= 0.3 is 0 Å². The molecule has 0 aliphatic heterocycles. The predicted octanol–water partition coefficient (Wildman–Crippen LogP) is 4.38. The highest BCUT2D eigenvalue weighted by molar-refractivity contribution is 7.62. The Morgan fingerprint density at radius 3 is 2.58 bits per heavy atom. The Labute approximate surface area is 182 Å². The third-order valence-electron chi connectivity index (χ3n) is 4.43. The standard InChI is InChI=1S/C23H26N3O4P/c1-5-17-7-6-8-18(13-17)26-23-19-14-21(30-11-12-31(3,4)27)22(29-10-9-28-2)15-20(19)24-16-25-23/h1,6-8,13-16H,9-12H2,2-4H3,(H,24,25,26). The highest BCUT2D eigenvalue weighted by Gasteiger charge is 2.14. The Bertz CT molecular complexity index is 1140. The molecule has 7 nitrogen and oxygen atoms in total. The molecule has 1 heterocycles. The van der Waals surface area contributed by atoms with Crippen LogP contribution in [-0.4, -0.2) is 56.4 Å². The predicted molar refractivity (Wildman–Crippen MR) is 124 cm³/mol. The molecule has 0 radical (unpaired) electrons. The molecule has 0 fully saturated rings. The van der Waals surface area contributed by atoms with Crippen LogP contribution in [0.3, 0.4) is 0 Å². The van der Waals surface area contributed by atoms with Crippen molar-refractivity contribution in [3.8, 4) is 23.8 Å². The molecule has 0 amide bonds. The molecular formula is C23H26N3O4P. The Kier molecular flexibility index (Phi) is 7.51. The second-order valence-electron chi connectivity index (χ2n) is 7.38. The van der Waals surface area contributed by atoms with E-state index < -0.39 is 7.14 Å². The Morgan fingerprint density at radius 1 is 1.06 bits per heavy atom. The molecular weight excluding hydrogens is 413 g/mol. The van der Waals surface area contributed by atoms with Gasteiger partial charge in [0.05, 0.1) is 25.9 Å². The number of fused-ring (bicyclic) bond motifs is 1. The fourth-order valence-corrected chi connectivity index (χ4v) is 3.35. The third-order valence-corrected chi connectivity index (χ3v) is 5.68. The summed E-state index contributed by atoms with van der Waals surface area (Å²) >= 11 is 0. The van der Waals surface area contributed by atoms with Gasteiger partial charge in [-0.05, 0) is 37.6 Å². The SMILES string of the molecule is C#Cc1cccc(Nc2ncnc3cc(OCCOC)c(OCCP(C)(C)=O)cc23)c1. The number of methoxy groups -OCH3 is 1. The second-order valence-corrected chi connectivity index (χ2v) is 11.0. The largest absolute Gasteiger partial charge is 0.489 e. The van der Waals surface area contributed by atoms with E-state index in [-0.39, 0.29) is 0 Å². The number of terminal acetylenes is 1. The van der Waals surface area contributed by atoms with Gasteiger partial charge in [0.2, 0.25) is 0 Å². The van der Waals surface area contributed by atoms with E-state index in [0.29, 0.717) is 48.8 Å². The first-order valence-electron chi connectivity index (χ1n) is 9.80. The zero-order valence-corrected chi connectivity index (χ0v) is 18.8. The van der Waals surface area contributed by atoms with E-state index >= 15 is 0 Å². The highest BCUT2D eigenvalue weighted by Crippen LogP contribution is 2.38. The van der Waals surface area contributed by atoms with Crippen molar-refractivity contribution < 1.29 is 18.8 Å². The summed E-state index contributed by atoms with van der Waals surface area (Å²) in [6.45, 7) is 4.61. The van der Waals surface area contributed by atoms with Gasteiger partial charge < -0.3 is 24.1 Å². The Balaban J connectivity index is 1.95. The molecule has 0 saturated carbocycles. The lowest BCUT2D eigenvalue weighted by Crippen LogP contribution is -2.08. The van der Waals surface area contributed by atoms with E-state index in [4.69, 9.17) is 20.6 Å². The first-order chi connectivity index (χ1) is 14.9. The van der Waals surface area contributed by atoms with Gasteiger partial charge in [0.15, 0.2) is 11.5 Å². The van der Waals surface area contributed by atoms with Gasteiger partial charge in [0.1, 0.15) is 18.8 Å². The number of aromatic nitrogens is 2. The number of rotatable bonds is 10. The van der Waals surface area contributed by atoms with E-state index in [1.54, 1.807) is 20.4 Å². The maximum atomic E-state index is 12.1. The number of benzene rings is 2. The quantitative estimate of drug-likeness (QED) is 0.285. The molecule has 0 unspecified atom stereocenters. The minimum absolute atomic E-state index is 0.317. The number of hydrogen-bond donors (Lipinski definition) is 1. The topological polar surface area (TPSA) is 82.6 Å². The van der Waals surface area contributed by atoms with Crippen molar-refractivity contribution in [2.24, 2.45) is 0 Å². The lowest BCUT2D eigenvalue weighted by Gasteiger charge is -2.16. The van der Waals surface area contributed by atoms with Gasteiger partial charge in [-0.25, -0.2) is 9.97 Å². The molecule has 8 heteroatoms. The summed E-state index contributed by atoms with van der Waals surface area (Å²) in [5, 5.41) is 4.06. The summed E-state index contributed by atoms with van der Waals surface area (Å²) in [4.78, 5) is 8.76. The smallest absolute Gasteiger partial charge is 0.163 e. The number of anilines is 2. The molecule has 1 aromatic heterocycles. The van der Waals surface area contributed by atoms with Crippen LogP contribution in [0.2, 0.25) is 0 Å². The molecule has 0 atom stereocenters. The average Bonchev–Trinajstić information content (AvgIpc) is 2.74. The maximum absolute atomic E-state index is 12.1. The molecule has 3 rings (SSSR count). The van der Waals surface area contributed by atoms with Crippen LogP contribution in [0.15, 0.2) is 42.7 Å². The number of hydrogen-bond acceptors (Lipinski definition) is 7. The number of ether oxygens (including phenoxy) is 3. The molecule has 3 aromatic rings. The molecule has 0 spiro atoms. The van der Waals surface area contributed by atoms with Crippen LogP contribution in [0, 0.1) is 12.3 Å². The van der Waals surface area contributed by atoms with Crippen molar-refractivity contribution in [1.29, 1.82) is 0 Å². The molecule has 31 heavy (non-hydrogen) atoms. The molecule has 0 saturated heterocycles. The number of nitrogens with one attached hydrogen (secondary N) is 1. The van der Waals surface area contributed by atoms with E-state index in [9.17, 15) is 4.57 Å². The molecule has 162 valence electrons. The van der Waals surface area contributed by atoms with Gasteiger partial charge in [0.25, 0.3) is 0 Å². The van der Waals surface area contributed by atoms with Crippen molar-refractivity contribution in [3.05, 3.63) is 48.3 Å². The van der Waals surface area contributed by atoms with Gasteiger partial charge in [-0.1, -0.05) is 12.0 Å². The maximum Gasteiger partial charge on any atom is 0.163 e. The van der Waals surface area contributed by atoms with Gasteiger partial charge in [-0.2, -0.15) is 0 Å². The molecule has 2 aromatic carbocycles. The van der Waals surface area contributed by atoms with Crippen LogP contribution in [0.5, 0.6) is 11.5 Å². The van der Waals surface area contributed by atoms with E-state index in [2.05, 4.69) is 21.2 Å². The van der Waals surface area contributed by atoms with Crippen LogP contribution >= 0.6 is 7.14 Å². The van der Waals surface area contributed by atoms with Gasteiger partial charge in [-0.3, -0.25) is 0 Å². The van der Waals surface area contributed by atoms with Crippen molar-refractivity contribution in [3.63, 3.8) is 0 Å². The van der Waals surface area contributed by atoms with Crippen molar-refractivity contribution in [1.82, 2.24) is 9.97 Å². The van der Waals surface area contributed by atoms with Crippen molar-refractivity contribution in [2.75, 3.05) is 51.7 Å². The van der Waals surface area contributed by atoms with Gasteiger partial charge in [-0.15, -0.1) is 6.42 Å². The molecule has 0 aliphatic rings. The summed E-state index contributed by atoms with van der Waals surface area (Å²) < 4.78 is 28.9. The summed E-state index contributed by atoms with van der Waals surface area (Å²) in [5.74, 6) is 4.32. The second kappa shape index (κ2) is 10.3. The Hall–Kier alpha value is -3.07. The normalized spacial score (nSPS) is 11.2. The van der Waals surface area contributed by atoms with Crippen molar-refractivity contribution >= 4 is 29.6 Å². The fraction of sp³-hybridized carbons (Fsp3) is 0.304. The van der Waals surface area contributed by atoms with Crippen molar-refractivity contribution in [2.45, 2.75) is 0 Å². The van der Waals surface area contributed by atoms with Crippen LogP contribution in [0.4, 0.5) is 11.5 Å². The third kappa shape index (κ3) is 6.45. The highest BCUT2D eigenvalue weighted by atomic mass is 31.2. The lowest BCUT2D eigenvalue weighted by atomic mass is 10.2. The summed E-state index contributed by atoms with van der Waals surface area (Å²) in [5.41, 5.74) is 2.28. The zero-order chi connectivity index (χ0) is 22.3. The molecule has 0 bridgehead atoms. The van der Waals surface area contributed by atoms with E-state index in [0.717, 1.165) is 16.6 Å². The zero-order valence-electron chi connectivity index (χ0n) is 17.9. The van der Waals surface area contributed by atoms with E-state index in [1.165, 1.54) is 6.33 Å². The summed E-state index contributed by atoms with van der Waals surface area (Å²) in [7, 11) is -0.582. The minimum Gasteiger partial charge on any atom is -0.489 e. The minimum atomic E-state index is -2.19. The van der Waals surface area contributed by atoms with Crippen LogP contribution in [-0.2, 0) is 9.30 Å². The van der Waals surface area contributed by atoms with Gasteiger partial charge in [0, 0.05) is 36.0 Å². The van der Waals surface area contributed by atoms with Crippen LogP contribution in [0.1, 0.15) is 5.56 Å². The lowest BCUT2D eigenvalue weighted by molar-refractivity contribution is 0.143. The molecule has 1 N–H and O–H groups in total. The van der Waals surface area contributed by atoms with Crippen LogP contribution in [0.25, 0.3) is 10.9 Å².